The Morgan fingerprint density at radius 3 is 2.52 bits per heavy atom. The molecule has 2 aromatic carbocycles. The standard InChI is InChI=1S/C18H21FN2O3.ClH/c1-23-17-8-2-13(12-16(17)19)3-9-18(22)21-14-4-6-15(7-5-14)24-11-10-20;/h2,4-8,12H,3,9-11,20H2,1H3,(H,21,22);1H. The fourth-order valence-electron chi connectivity index (χ4n) is 2.16. The lowest BCUT2D eigenvalue weighted by atomic mass is 10.1. The van der Waals surface area contributed by atoms with Crippen LogP contribution in [-0.2, 0) is 11.2 Å². The number of carbonyl (C=O) groups is 1. The van der Waals surface area contributed by atoms with E-state index in [4.69, 9.17) is 15.2 Å². The Labute approximate surface area is 152 Å². The second-order valence-electron chi connectivity index (χ2n) is 5.18. The van der Waals surface area contributed by atoms with Gasteiger partial charge < -0.3 is 20.5 Å². The highest BCUT2D eigenvalue weighted by molar-refractivity contribution is 5.90. The summed E-state index contributed by atoms with van der Waals surface area (Å²) in [4.78, 5) is 12.0. The van der Waals surface area contributed by atoms with Crippen LogP contribution < -0.4 is 20.5 Å². The fraction of sp³-hybridized carbons (Fsp3) is 0.278. The molecule has 2 rings (SSSR count). The van der Waals surface area contributed by atoms with Gasteiger partial charge in [0.05, 0.1) is 7.11 Å². The van der Waals surface area contributed by atoms with Crippen LogP contribution in [0.4, 0.5) is 10.1 Å². The van der Waals surface area contributed by atoms with Gasteiger partial charge in [0.15, 0.2) is 11.6 Å². The minimum atomic E-state index is -0.427. The van der Waals surface area contributed by atoms with Crippen LogP contribution in [0.25, 0.3) is 0 Å². The van der Waals surface area contributed by atoms with Crippen LogP contribution in [-0.4, -0.2) is 26.2 Å². The summed E-state index contributed by atoms with van der Waals surface area (Å²) in [6.07, 6.45) is 0.710. The molecule has 0 spiro atoms. The van der Waals surface area contributed by atoms with Gasteiger partial charge in [0.25, 0.3) is 0 Å². The highest BCUT2D eigenvalue weighted by Crippen LogP contribution is 2.19. The molecule has 0 fully saturated rings. The van der Waals surface area contributed by atoms with Gasteiger partial charge in [0.2, 0.25) is 5.91 Å². The number of hydrogen-bond donors (Lipinski definition) is 2. The minimum absolute atomic E-state index is 0. The van der Waals surface area contributed by atoms with Gasteiger partial charge in [-0.25, -0.2) is 4.39 Å². The quantitative estimate of drug-likeness (QED) is 0.750. The summed E-state index contributed by atoms with van der Waals surface area (Å²) in [7, 11) is 1.41. The first-order valence-corrected chi connectivity index (χ1v) is 7.67. The average Bonchev–Trinajstić information content (AvgIpc) is 2.59. The SMILES string of the molecule is COc1ccc(CCC(=O)Nc2ccc(OCCN)cc2)cc1F.Cl. The largest absolute Gasteiger partial charge is 0.494 e. The maximum absolute atomic E-state index is 13.6. The van der Waals surface area contributed by atoms with Crippen molar-refractivity contribution in [3.8, 4) is 11.5 Å². The second kappa shape index (κ2) is 10.5. The summed E-state index contributed by atoms with van der Waals surface area (Å²) >= 11 is 0. The monoisotopic (exact) mass is 368 g/mol. The van der Waals surface area contributed by atoms with E-state index in [9.17, 15) is 9.18 Å². The smallest absolute Gasteiger partial charge is 0.224 e. The van der Waals surface area contributed by atoms with Gasteiger partial charge in [0, 0.05) is 18.7 Å². The fourth-order valence-corrected chi connectivity index (χ4v) is 2.16. The topological polar surface area (TPSA) is 73.6 Å². The second-order valence-corrected chi connectivity index (χ2v) is 5.18. The zero-order chi connectivity index (χ0) is 17.4. The van der Waals surface area contributed by atoms with Crippen molar-refractivity contribution in [1.82, 2.24) is 0 Å². The number of hydrogen-bond acceptors (Lipinski definition) is 4. The van der Waals surface area contributed by atoms with Crippen LogP contribution in [0, 0.1) is 5.82 Å². The summed E-state index contributed by atoms with van der Waals surface area (Å²) < 4.78 is 23.8. The number of aryl methyl sites for hydroxylation is 1. The van der Waals surface area contributed by atoms with Gasteiger partial charge in [0.1, 0.15) is 12.4 Å². The predicted molar refractivity (Wildman–Crippen MR) is 98.1 cm³/mol. The zero-order valence-corrected chi connectivity index (χ0v) is 14.8. The first kappa shape index (κ1) is 20.7. The number of methoxy groups -OCH3 is 1. The Bertz CT molecular complexity index is 681. The molecule has 2 aromatic rings. The molecular formula is C18H22ClFN2O3. The van der Waals surface area contributed by atoms with Gasteiger partial charge >= 0.3 is 0 Å². The first-order valence-electron chi connectivity index (χ1n) is 7.67. The number of carbonyl (C=O) groups excluding carboxylic acids is 1. The lowest BCUT2D eigenvalue weighted by molar-refractivity contribution is -0.116. The highest BCUT2D eigenvalue weighted by Gasteiger charge is 2.07. The third kappa shape index (κ3) is 6.60. The van der Waals surface area contributed by atoms with Gasteiger partial charge in [-0.15, -0.1) is 12.4 Å². The normalized spacial score (nSPS) is 9.88. The number of nitrogens with two attached hydrogens (primary N) is 1. The summed E-state index contributed by atoms with van der Waals surface area (Å²) in [5, 5.41) is 2.80. The molecule has 1 amide bonds. The van der Waals surface area contributed by atoms with Gasteiger partial charge in [-0.3, -0.25) is 4.79 Å². The van der Waals surface area contributed by atoms with Crippen LogP contribution in [0.2, 0.25) is 0 Å². The van der Waals surface area contributed by atoms with Crippen molar-refractivity contribution in [1.29, 1.82) is 0 Å². The molecule has 0 saturated carbocycles. The van der Waals surface area contributed by atoms with Crippen molar-refractivity contribution in [3.05, 3.63) is 53.8 Å². The van der Waals surface area contributed by atoms with Crippen LogP contribution in [0.15, 0.2) is 42.5 Å². The zero-order valence-electron chi connectivity index (χ0n) is 14.0. The van der Waals surface area contributed by atoms with Crippen molar-refractivity contribution in [2.24, 2.45) is 5.73 Å². The summed E-state index contributed by atoms with van der Waals surface area (Å²) in [5.74, 6) is 0.331. The number of halogens is 2. The van der Waals surface area contributed by atoms with E-state index in [1.54, 1.807) is 36.4 Å². The molecule has 7 heteroatoms. The molecule has 0 atom stereocenters. The molecule has 0 heterocycles. The lowest BCUT2D eigenvalue weighted by Gasteiger charge is -2.08. The molecule has 5 nitrogen and oxygen atoms in total. The molecule has 136 valence electrons. The van der Waals surface area contributed by atoms with Crippen LogP contribution in [0.3, 0.4) is 0 Å². The molecular weight excluding hydrogens is 347 g/mol. The van der Waals surface area contributed by atoms with Crippen molar-refractivity contribution in [3.63, 3.8) is 0 Å². The predicted octanol–water partition coefficient (Wildman–Crippen LogP) is 3.16. The first-order chi connectivity index (χ1) is 11.6. The summed E-state index contributed by atoms with van der Waals surface area (Å²) in [5.41, 5.74) is 6.79. The molecule has 0 bridgehead atoms. The molecule has 0 radical (unpaired) electrons. The van der Waals surface area contributed by atoms with E-state index >= 15 is 0 Å². The molecule has 3 N–H and O–H groups in total. The number of amides is 1. The lowest BCUT2D eigenvalue weighted by Crippen LogP contribution is -2.13. The van der Waals surface area contributed by atoms with Crippen molar-refractivity contribution in [2.45, 2.75) is 12.8 Å². The van der Waals surface area contributed by atoms with Crippen LogP contribution in [0.1, 0.15) is 12.0 Å². The Balaban J connectivity index is 0.00000312. The molecule has 0 saturated heterocycles. The third-order valence-electron chi connectivity index (χ3n) is 3.38. The highest BCUT2D eigenvalue weighted by atomic mass is 35.5. The number of ether oxygens (including phenoxy) is 2. The van der Waals surface area contributed by atoms with Crippen LogP contribution >= 0.6 is 12.4 Å². The number of benzene rings is 2. The Morgan fingerprint density at radius 1 is 1.20 bits per heavy atom. The Morgan fingerprint density at radius 2 is 1.92 bits per heavy atom. The van der Waals surface area contributed by atoms with Gasteiger partial charge in [-0.2, -0.15) is 0 Å². The number of nitrogens with one attached hydrogen (secondary N) is 1. The number of rotatable bonds is 8. The van der Waals surface area contributed by atoms with E-state index in [1.165, 1.54) is 13.2 Å². The maximum Gasteiger partial charge on any atom is 0.224 e. The molecule has 0 aliphatic heterocycles. The molecule has 0 aromatic heterocycles. The van der Waals surface area contributed by atoms with E-state index < -0.39 is 5.82 Å². The Hall–Kier alpha value is -2.31. The van der Waals surface area contributed by atoms with E-state index in [0.29, 0.717) is 31.0 Å². The summed E-state index contributed by atoms with van der Waals surface area (Å²) in [6.45, 7) is 0.897. The van der Waals surface area contributed by atoms with Crippen molar-refractivity contribution in [2.75, 3.05) is 25.6 Å². The molecule has 25 heavy (non-hydrogen) atoms. The molecule has 0 unspecified atom stereocenters. The van der Waals surface area contributed by atoms with Crippen molar-refractivity contribution >= 4 is 24.0 Å². The molecule has 0 aliphatic carbocycles. The maximum atomic E-state index is 13.6. The third-order valence-corrected chi connectivity index (χ3v) is 3.38. The van der Waals surface area contributed by atoms with Gasteiger partial charge in [-0.05, 0) is 48.4 Å². The van der Waals surface area contributed by atoms with Gasteiger partial charge in [-0.1, -0.05) is 6.07 Å². The minimum Gasteiger partial charge on any atom is -0.494 e. The van der Waals surface area contributed by atoms with E-state index in [-0.39, 0.29) is 30.5 Å². The Kier molecular flexibility index (Phi) is 8.74. The van der Waals surface area contributed by atoms with Crippen LogP contribution in [0.5, 0.6) is 11.5 Å². The summed E-state index contributed by atoms with van der Waals surface area (Å²) in [6, 6.07) is 11.7. The molecule has 0 aliphatic rings. The van der Waals surface area contributed by atoms with E-state index in [1.807, 2.05) is 0 Å². The van der Waals surface area contributed by atoms with Crippen molar-refractivity contribution < 1.29 is 18.7 Å². The van der Waals surface area contributed by atoms with E-state index in [0.717, 1.165) is 5.56 Å². The van der Waals surface area contributed by atoms with E-state index in [2.05, 4.69) is 5.32 Å². The average molecular weight is 369 g/mol. The number of anilines is 1.